The first-order chi connectivity index (χ1) is 15.6. The molecule has 4 nitrogen and oxygen atoms in total. The number of hydrogen-bond donors (Lipinski definition) is 2. The van der Waals surface area contributed by atoms with Gasteiger partial charge in [-0.15, -0.1) is 9.53 Å². The molecule has 1 saturated carbocycles. The average Bonchev–Trinajstić information content (AvgIpc) is 2.79. The van der Waals surface area contributed by atoms with Gasteiger partial charge in [0.15, 0.2) is 0 Å². The minimum Gasteiger partial charge on any atom is -0.364 e. The molecular weight excluding hydrogens is 499 g/mol. The lowest BCUT2D eigenvalue weighted by molar-refractivity contribution is 0.350. The van der Waals surface area contributed by atoms with Crippen LogP contribution in [0.2, 0.25) is 15.1 Å². The Morgan fingerprint density at radius 3 is 2.30 bits per heavy atom. The molecule has 0 spiro atoms. The molecule has 2 aromatic rings. The summed E-state index contributed by atoms with van der Waals surface area (Å²) < 4.78 is 27.8. The molecule has 8 heteroatoms. The topological polar surface area (TPSA) is 52.6 Å². The van der Waals surface area contributed by atoms with Crippen molar-refractivity contribution in [3.8, 4) is 0 Å². The molecule has 1 aliphatic carbocycles. The molecule has 0 aromatic heterocycles. The summed E-state index contributed by atoms with van der Waals surface area (Å²) >= 11 is 18.9. The quantitative estimate of drug-likeness (QED) is 0.409. The first-order valence-corrected chi connectivity index (χ1v) is 15.2. The number of piperidine rings is 1. The van der Waals surface area contributed by atoms with E-state index in [2.05, 4.69) is 9.62 Å². The third kappa shape index (κ3) is 6.06. The van der Waals surface area contributed by atoms with Gasteiger partial charge in [-0.05, 0) is 73.6 Å². The zero-order valence-electron chi connectivity index (χ0n) is 19.0. The largest absolute Gasteiger partial charge is 0.364 e. The number of nitrogens with one attached hydrogen (secondary N) is 1. The molecule has 4 rings (SSSR count). The summed E-state index contributed by atoms with van der Waals surface area (Å²) in [5.41, 5.74) is 2.11. The number of halogens is 3. The second-order valence-corrected chi connectivity index (χ2v) is 14.7. The van der Waals surface area contributed by atoms with Gasteiger partial charge in [0.2, 0.25) is 0 Å². The van der Waals surface area contributed by atoms with Gasteiger partial charge in [0.05, 0.1) is 11.3 Å². The van der Waals surface area contributed by atoms with Crippen LogP contribution >= 0.6 is 34.8 Å². The Hall–Kier alpha value is -0.820. The molecule has 2 aromatic carbocycles. The van der Waals surface area contributed by atoms with Crippen LogP contribution in [0.5, 0.6) is 0 Å². The highest BCUT2D eigenvalue weighted by Gasteiger charge is 2.36. The van der Waals surface area contributed by atoms with Crippen LogP contribution in [-0.4, -0.2) is 33.4 Å². The van der Waals surface area contributed by atoms with Gasteiger partial charge in [0.1, 0.15) is 0 Å². The smallest absolute Gasteiger partial charge is 0.0585 e. The lowest BCUT2D eigenvalue weighted by Crippen LogP contribution is -2.57. The Bertz CT molecular complexity index is 1030. The Morgan fingerprint density at radius 2 is 1.64 bits per heavy atom. The fourth-order valence-corrected chi connectivity index (χ4v) is 8.27. The van der Waals surface area contributed by atoms with Crippen LogP contribution < -0.4 is 9.62 Å². The van der Waals surface area contributed by atoms with E-state index >= 15 is 0 Å². The second kappa shape index (κ2) is 10.0. The van der Waals surface area contributed by atoms with Crippen LogP contribution in [0.25, 0.3) is 0 Å². The van der Waals surface area contributed by atoms with Crippen LogP contribution in [0.3, 0.4) is 0 Å². The summed E-state index contributed by atoms with van der Waals surface area (Å²) in [4.78, 5) is 2.34. The normalized spacial score (nSPS) is 23.8. The van der Waals surface area contributed by atoms with Crippen molar-refractivity contribution in [2.75, 3.05) is 24.2 Å². The summed E-state index contributed by atoms with van der Waals surface area (Å²) in [6.45, 7) is 1.27. The molecule has 182 valence electrons. The Morgan fingerprint density at radius 1 is 0.970 bits per heavy atom. The first kappa shape index (κ1) is 25.3. The Labute approximate surface area is 212 Å². The fourth-order valence-electron chi connectivity index (χ4n) is 5.28. The number of rotatable bonds is 6. The van der Waals surface area contributed by atoms with Gasteiger partial charge in [-0.1, -0.05) is 60.1 Å². The summed E-state index contributed by atoms with van der Waals surface area (Å²) in [6, 6.07) is 13.6. The van der Waals surface area contributed by atoms with Crippen molar-refractivity contribution in [2.45, 2.75) is 56.2 Å². The SMILES string of the molecule is CS(=O)(O)(NC[C@@H]1CCC(c2ccc(Cl)cc2Cl)N(c2ccc(Cl)cc2)C1)C1CCCCC1. The van der Waals surface area contributed by atoms with Crippen molar-refractivity contribution < 1.29 is 8.76 Å². The maximum atomic E-state index is 13.5. The molecular formula is C25H33Cl3N2O2S. The van der Waals surface area contributed by atoms with E-state index in [0.717, 1.165) is 62.7 Å². The molecule has 1 unspecified atom stereocenters. The van der Waals surface area contributed by atoms with Crippen LogP contribution in [0.4, 0.5) is 5.69 Å². The summed E-state index contributed by atoms with van der Waals surface area (Å²) in [6.07, 6.45) is 8.23. The number of nitrogens with zero attached hydrogens (tertiary/aromatic N) is 1. The minimum atomic E-state index is -3.87. The van der Waals surface area contributed by atoms with Crippen molar-refractivity contribution >= 4 is 50.0 Å². The average molecular weight is 532 g/mol. The molecule has 1 saturated heterocycles. The van der Waals surface area contributed by atoms with Crippen molar-refractivity contribution in [3.63, 3.8) is 0 Å². The van der Waals surface area contributed by atoms with E-state index in [0.29, 0.717) is 21.6 Å². The number of benzene rings is 2. The standard InChI is InChI=1S/C25H33Cl3N2O2S/c1-33(31,32,22-5-3-2-4-6-22)29-16-18-7-14-25(23-13-10-20(27)15-24(23)28)30(17-18)21-11-8-19(26)9-12-21/h8-13,15,18,22,25H,2-7,14,16-17H2,1H3,(H2,29,31,32)/t18-,25?/m0/s1. The highest BCUT2D eigenvalue weighted by molar-refractivity contribution is 8.13. The van der Waals surface area contributed by atoms with Crippen molar-refractivity contribution in [1.82, 2.24) is 4.72 Å². The van der Waals surface area contributed by atoms with E-state index in [1.165, 1.54) is 6.26 Å². The van der Waals surface area contributed by atoms with Crippen LogP contribution in [0, 0.1) is 5.92 Å². The summed E-state index contributed by atoms with van der Waals surface area (Å²) in [5.74, 6) is 0.239. The van der Waals surface area contributed by atoms with Crippen LogP contribution in [-0.2, 0) is 9.53 Å². The van der Waals surface area contributed by atoms with Gasteiger partial charge in [-0.3, -0.25) is 4.55 Å². The van der Waals surface area contributed by atoms with E-state index in [-0.39, 0.29) is 17.2 Å². The third-order valence-electron chi connectivity index (χ3n) is 7.22. The van der Waals surface area contributed by atoms with E-state index in [1.54, 1.807) is 6.07 Å². The Balaban J connectivity index is 1.53. The van der Waals surface area contributed by atoms with Crippen LogP contribution in [0.1, 0.15) is 56.6 Å². The van der Waals surface area contributed by atoms with E-state index < -0.39 is 9.53 Å². The number of hydrogen-bond acceptors (Lipinski definition) is 2. The van der Waals surface area contributed by atoms with E-state index in [9.17, 15) is 8.76 Å². The molecule has 0 amide bonds. The molecule has 0 bridgehead atoms. The molecule has 1 heterocycles. The predicted molar refractivity (Wildman–Crippen MR) is 142 cm³/mol. The van der Waals surface area contributed by atoms with Gasteiger partial charge >= 0.3 is 0 Å². The molecule has 2 atom stereocenters. The molecule has 2 fully saturated rings. The molecule has 2 N–H and O–H groups in total. The first-order valence-electron chi connectivity index (χ1n) is 11.7. The van der Waals surface area contributed by atoms with E-state index in [4.69, 9.17) is 34.8 Å². The van der Waals surface area contributed by atoms with Gasteiger partial charge in [-0.25, -0.2) is 4.72 Å². The van der Waals surface area contributed by atoms with Gasteiger partial charge < -0.3 is 4.90 Å². The van der Waals surface area contributed by atoms with Gasteiger partial charge in [-0.2, -0.15) is 4.21 Å². The zero-order chi connectivity index (χ0) is 23.7. The highest BCUT2D eigenvalue weighted by Crippen LogP contribution is 2.41. The summed E-state index contributed by atoms with van der Waals surface area (Å²) in [7, 11) is -3.87. The lowest BCUT2D eigenvalue weighted by atomic mass is 9.88. The van der Waals surface area contributed by atoms with Crippen LogP contribution in [0.15, 0.2) is 42.5 Å². The molecule has 0 radical (unpaired) electrons. The van der Waals surface area contributed by atoms with Crippen molar-refractivity contribution in [2.24, 2.45) is 5.92 Å². The molecule has 33 heavy (non-hydrogen) atoms. The van der Waals surface area contributed by atoms with Crippen molar-refractivity contribution in [3.05, 3.63) is 63.1 Å². The van der Waals surface area contributed by atoms with Gasteiger partial charge in [0.25, 0.3) is 0 Å². The van der Waals surface area contributed by atoms with Gasteiger partial charge in [0, 0.05) is 40.1 Å². The minimum absolute atomic E-state index is 0.0989. The molecule has 1 aliphatic heterocycles. The Kier molecular flexibility index (Phi) is 7.69. The maximum Gasteiger partial charge on any atom is 0.0585 e. The zero-order valence-corrected chi connectivity index (χ0v) is 22.1. The highest BCUT2D eigenvalue weighted by atomic mass is 35.5. The lowest BCUT2D eigenvalue weighted by Gasteiger charge is -2.49. The second-order valence-electron chi connectivity index (χ2n) is 9.72. The third-order valence-corrected chi connectivity index (χ3v) is 10.9. The fraction of sp³-hybridized carbons (Fsp3) is 0.520. The maximum absolute atomic E-state index is 13.5. The predicted octanol–water partition coefficient (Wildman–Crippen LogP) is 7.36. The summed E-state index contributed by atoms with van der Waals surface area (Å²) in [5, 5.41) is 1.81. The van der Waals surface area contributed by atoms with Crippen molar-refractivity contribution in [1.29, 1.82) is 0 Å². The monoisotopic (exact) mass is 530 g/mol. The van der Waals surface area contributed by atoms with E-state index in [1.807, 2.05) is 36.4 Å². The molecule has 2 aliphatic rings. The number of anilines is 1.